The number of nitrogens with zero attached hydrogens (tertiary/aromatic N) is 4. The summed E-state index contributed by atoms with van der Waals surface area (Å²) in [6.45, 7) is 1.64. The van der Waals surface area contributed by atoms with E-state index in [1.165, 1.54) is 0 Å². The number of aromatic nitrogens is 3. The van der Waals surface area contributed by atoms with E-state index in [1.807, 2.05) is 30.3 Å². The Hall–Kier alpha value is -3.66. The summed E-state index contributed by atoms with van der Waals surface area (Å²) in [4.78, 5) is 26.9. The smallest absolute Gasteiger partial charge is 0.249 e. The maximum atomic E-state index is 11.8. The molecule has 1 saturated heterocycles. The number of hydrogen-bond acceptors (Lipinski definition) is 6. The third kappa shape index (κ3) is 4.43. The lowest BCUT2D eigenvalue weighted by atomic mass is 10.2. The molecule has 4 rings (SSSR count). The molecule has 0 radical (unpaired) electrons. The number of ether oxygens (including phenoxy) is 2. The van der Waals surface area contributed by atoms with Gasteiger partial charge in [0.25, 0.3) is 0 Å². The third-order valence-corrected chi connectivity index (χ3v) is 4.59. The Bertz CT molecular complexity index is 1090. The molecule has 1 aromatic carbocycles. The van der Waals surface area contributed by atoms with Crippen molar-refractivity contribution in [2.75, 3.05) is 26.8 Å². The van der Waals surface area contributed by atoms with Gasteiger partial charge in [0.15, 0.2) is 11.3 Å². The first kappa shape index (κ1) is 18.7. The average molecular weight is 388 g/mol. The molecular formula is C22H20N4O3. The molecule has 146 valence electrons. The predicted molar refractivity (Wildman–Crippen MR) is 108 cm³/mol. The van der Waals surface area contributed by atoms with E-state index in [4.69, 9.17) is 9.47 Å². The van der Waals surface area contributed by atoms with Crippen LogP contribution in [0.1, 0.15) is 24.1 Å². The van der Waals surface area contributed by atoms with Gasteiger partial charge in [-0.3, -0.25) is 4.79 Å². The molecule has 1 amide bonds. The molecule has 29 heavy (non-hydrogen) atoms. The number of likely N-dealkylation sites (tertiary alicyclic amines) is 1. The van der Waals surface area contributed by atoms with E-state index in [0.29, 0.717) is 42.3 Å². The topological polar surface area (TPSA) is 77.4 Å². The van der Waals surface area contributed by atoms with Gasteiger partial charge < -0.3 is 14.4 Å². The molecule has 0 unspecified atom stereocenters. The van der Waals surface area contributed by atoms with E-state index < -0.39 is 0 Å². The lowest BCUT2D eigenvalue weighted by molar-refractivity contribution is -0.128. The van der Waals surface area contributed by atoms with E-state index in [0.717, 1.165) is 24.3 Å². The Morgan fingerprint density at radius 3 is 2.76 bits per heavy atom. The minimum Gasteiger partial charge on any atom is -0.497 e. The minimum atomic E-state index is 0.168. The first-order valence-electron chi connectivity index (χ1n) is 9.42. The number of pyridine rings is 1. The van der Waals surface area contributed by atoms with Crippen molar-refractivity contribution in [3.8, 4) is 23.5 Å². The quantitative estimate of drug-likeness (QED) is 0.625. The fourth-order valence-electron chi connectivity index (χ4n) is 3.06. The molecule has 1 aliphatic heterocycles. The molecule has 7 heteroatoms. The third-order valence-electron chi connectivity index (χ3n) is 4.59. The second-order valence-corrected chi connectivity index (χ2v) is 6.53. The number of carbonyl (C=O) groups is 1. The molecule has 7 nitrogen and oxygen atoms in total. The van der Waals surface area contributed by atoms with E-state index in [1.54, 1.807) is 24.3 Å². The van der Waals surface area contributed by atoms with Crippen LogP contribution < -0.4 is 9.47 Å². The maximum Gasteiger partial charge on any atom is 0.249 e. The molecule has 0 spiro atoms. The largest absolute Gasteiger partial charge is 0.497 e. The highest BCUT2D eigenvalue weighted by Gasteiger charge is 2.20. The van der Waals surface area contributed by atoms with Crippen LogP contribution in [0.2, 0.25) is 0 Å². The first-order valence-corrected chi connectivity index (χ1v) is 9.42. The molecule has 3 heterocycles. The molecule has 0 atom stereocenters. The van der Waals surface area contributed by atoms with Gasteiger partial charge in [0.1, 0.15) is 17.9 Å². The monoisotopic (exact) mass is 388 g/mol. The van der Waals surface area contributed by atoms with Crippen LogP contribution in [0.3, 0.4) is 0 Å². The van der Waals surface area contributed by atoms with Gasteiger partial charge in [-0.05, 0) is 48.7 Å². The van der Waals surface area contributed by atoms with Gasteiger partial charge >= 0.3 is 0 Å². The molecule has 0 N–H and O–H groups in total. The summed E-state index contributed by atoms with van der Waals surface area (Å²) in [5.41, 5.74) is 2.38. The van der Waals surface area contributed by atoms with Gasteiger partial charge in [0.05, 0.1) is 13.7 Å². The minimum absolute atomic E-state index is 0.168. The highest BCUT2D eigenvalue weighted by molar-refractivity contribution is 5.78. The second-order valence-electron chi connectivity index (χ2n) is 6.53. The molecule has 0 saturated carbocycles. The zero-order chi connectivity index (χ0) is 20.1. The SMILES string of the molecule is COc1ccc(C#Cc2nc3ncccc3nc2OCCN2CCCC2=O)cc1. The lowest BCUT2D eigenvalue weighted by Gasteiger charge is -2.15. The van der Waals surface area contributed by atoms with E-state index >= 15 is 0 Å². The summed E-state index contributed by atoms with van der Waals surface area (Å²) in [6, 6.07) is 11.1. The molecule has 0 bridgehead atoms. The number of rotatable bonds is 5. The Labute approximate surface area is 168 Å². The number of methoxy groups -OCH3 is 1. The molecule has 3 aromatic rings. The van der Waals surface area contributed by atoms with E-state index in [2.05, 4.69) is 26.8 Å². The van der Waals surface area contributed by atoms with Crippen LogP contribution in [-0.2, 0) is 4.79 Å². The summed E-state index contributed by atoms with van der Waals surface area (Å²) in [5, 5.41) is 0. The highest BCUT2D eigenvalue weighted by Crippen LogP contribution is 2.18. The summed E-state index contributed by atoms with van der Waals surface area (Å²) >= 11 is 0. The van der Waals surface area contributed by atoms with Crippen LogP contribution in [0.15, 0.2) is 42.6 Å². The molecule has 1 aliphatic rings. The predicted octanol–water partition coefficient (Wildman–Crippen LogP) is 2.43. The molecule has 0 aliphatic carbocycles. The van der Waals surface area contributed by atoms with Crippen LogP contribution in [0.25, 0.3) is 11.2 Å². The van der Waals surface area contributed by atoms with Gasteiger partial charge in [0.2, 0.25) is 11.8 Å². The van der Waals surface area contributed by atoms with E-state index in [-0.39, 0.29) is 5.91 Å². The average Bonchev–Trinajstić information content (AvgIpc) is 3.17. The van der Waals surface area contributed by atoms with Crippen molar-refractivity contribution in [3.63, 3.8) is 0 Å². The normalized spacial score (nSPS) is 13.3. The molecule has 1 fully saturated rings. The molecular weight excluding hydrogens is 368 g/mol. The number of benzene rings is 1. The Balaban J connectivity index is 1.58. The Morgan fingerprint density at radius 2 is 2.00 bits per heavy atom. The second kappa shape index (κ2) is 8.57. The molecule has 2 aromatic heterocycles. The zero-order valence-electron chi connectivity index (χ0n) is 16.1. The van der Waals surface area contributed by atoms with Crippen molar-refractivity contribution in [2.24, 2.45) is 0 Å². The van der Waals surface area contributed by atoms with Crippen LogP contribution in [0, 0.1) is 11.8 Å². The summed E-state index contributed by atoms with van der Waals surface area (Å²) < 4.78 is 11.0. The van der Waals surface area contributed by atoms with Crippen molar-refractivity contribution in [2.45, 2.75) is 12.8 Å². The first-order chi connectivity index (χ1) is 14.2. The van der Waals surface area contributed by atoms with Crippen molar-refractivity contribution < 1.29 is 14.3 Å². The Morgan fingerprint density at radius 1 is 1.14 bits per heavy atom. The highest BCUT2D eigenvalue weighted by atomic mass is 16.5. The number of carbonyl (C=O) groups excluding carboxylic acids is 1. The summed E-state index contributed by atoms with van der Waals surface area (Å²) in [7, 11) is 1.62. The van der Waals surface area contributed by atoms with Crippen LogP contribution >= 0.6 is 0 Å². The fourth-order valence-corrected chi connectivity index (χ4v) is 3.06. The summed E-state index contributed by atoms with van der Waals surface area (Å²) in [6.07, 6.45) is 3.18. The van der Waals surface area contributed by atoms with Gasteiger partial charge in [0, 0.05) is 24.7 Å². The lowest BCUT2D eigenvalue weighted by Crippen LogP contribution is -2.29. The van der Waals surface area contributed by atoms with Gasteiger partial charge in [-0.15, -0.1) is 0 Å². The maximum absolute atomic E-state index is 11.8. The van der Waals surface area contributed by atoms with Crippen molar-refractivity contribution >= 4 is 17.1 Å². The van der Waals surface area contributed by atoms with Crippen molar-refractivity contribution in [1.82, 2.24) is 19.9 Å². The Kier molecular flexibility index (Phi) is 5.52. The summed E-state index contributed by atoms with van der Waals surface area (Å²) in [5.74, 6) is 7.40. The van der Waals surface area contributed by atoms with Crippen molar-refractivity contribution in [3.05, 3.63) is 53.9 Å². The standard InChI is InChI=1S/C22H20N4O3/c1-28-17-9-6-16(7-10-17)8-11-19-22(25-18-4-2-12-23-21(18)24-19)29-15-14-26-13-3-5-20(26)27/h2,4,6-7,9-10,12H,3,5,13-15H2,1H3. The number of amides is 1. The fraction of sp³-hybridized carbons (Fsp3) is 0.273. The van der Waals surface area contributed by atoms with E-state index in [9.17, 15) is 4.79 Å². The number of hydrogen-bond donors (Lipinski definition) is 0. The van der Waals surface area contributed by atoms with Crippen molar-refractivity contribution in [1.29, 1.82) is 0 Å². The van der Waals surface area contributed by atoms with Gasteiger partial charge in [-0.25, -0.2) is 15.0 Å². The van der Waals surface area contributed by atoms with Gasteiger partial charge in [-0.1, -0.05) is 5.92 Å². The number of fused-ring (bicyclic) bond motifs is 1. The van der Waals surface area contributed by atoms with Crippen LogP contribution in [-0.4, -0.2) is 52.6 Å². The van der Waals surface area contributed by atoms with Crippen LogP contribution in [0.4, 0.5) is 0 Å². The zero-order valence-corrected chi connectivity index (χ0v) is 16.1. The van der Waals surface area contributed by atoms with Gasteiger partial charge in [-0.2, -0.15) is 0 Å². The van der Waals surface area contributed by atoms with Crippen LogP contribution in [0.5, 0.6) is 11.6 Å².